The molecule has 2 atom stereocenters. The molecule has 1 aliphatic heterocycles. The Hall–Kier alpha value is -0.940. The van der Waals surface area contributed by atoms with Crippen molar-refractivity contribution in [1.29, 1.82) is 0 Å². The van der Waals surface area contributed by atoms with E-state index in [2.05, 4.69) is 35.5 Å². The quantitative estimate of drug-likeness (QED) is 0.843. The van der Waals surface area contributed by atoms with E-state index in [1.165, 1.54) is 0 Å². The van der Waals surface area contributed by atoms with Gasteiger partial charge in [0.1, 0.15) is 11.9 Å². The number of rotatable bonds is 3. The normalized spacial score (nSPS) is 25.6. The number of ether oxygens (including phenoxy) is 1. The number of nitrogens with two attached hydrogens (primary N) is 1. The number of nitrogens with zero attached hydrogens (tertiary/aromatic N) is 3. The minimum absolute atomic E-state index is 0.0789. The van der Waals surface area contributed by atoms with Gasteiger partial charge in [0.05, 0.1) is 6.54 Å². The van der Waals surface area contributed by atoms with Gasteiger partial charge in [-0.25, -0.2) is 0 Å². The number of hydrogen-bond donors (Lipinski definition) is 1. The Kier molecular flexibility index (Phi) is 3.25. The Labute approximate surface area is 96.0 Å². The third-order valence-electron chi connectivity index (χ3n) is 3.13. The first-order valence-electron chi connectivity index (χ1n) is 5.90. The molecule has 2 rings (SSSR count). The van der Waals surface area contributed by atoms with Crippen molar-refractivity contribution >= 4 is 0 Å². The summed E-state index contributed by atoms with van der Waals surface area (Å²) >= 11 is 0. The molecule has 0 amide bonds. The molecule has 0 spiro atoms. The first-order chi connectivity index (χ1) is 7.65. The van der Waals surface area contributed by atoms with E-state index >= 15 is 0 Å². The molecule has 16 heavy (non-hydrogen) atoms. The van der Waals surface area contributed by atoms with E-state index in [1.54, 1.807) is 0 Å². The zero-order valence-electron chi connectivity index (χ0n) is 10.2. The SMILES string of the molecule is CC1CCOC1c1nnc(CN)n1C(C)C. The summed E-state index contributed by atoms with van der Waals surface area (Å²) in [6, 6.07) is 0.319. The molecule has 0 aliphatic carbocycles. The van der Waals surface area contributed by atoms with E-state index in [0.29, 0.717) is 18.5 Å². The molecule has 2 unspecified atom stereocenters. The van der Waals surface area contributed by atoms with Gasteiger partial charge in [-0.1, -0.05) is 6.92 Å². The van der Waals surface area contributed by atoms with Gasteiger partial charge in [0.25, 0.3) is 0 Å². The number of aromatic nitrogens is 3. The van der Waals surface area contributed by atoms with Crippen molar-refractivity contribution in [2.24, 2.45) is 11.7 Å². The highest BCUT2D eigenvalue weighted by Gasteiger charge is 2.31. The minimum Gasteiger partial charge on any atom is -0.370 e. The predicted octanol–water partition coefficient (Wildman–Crippen LogP) is 1.42. The maximum atomic E-state index is 5.74. The maximum absolute atomic E-state index is 5.74. The van der Waals surface area contributed by atoms with Crippen LogP contribution in [0.25, 0.3) is 0 Å². The van der Waals surface area contributed by atoms with Crippen LogP contribution in [0, 0.1) is 5.92 Å². The Bertz CT molecular complexity index is 361. The van der Waals surface area contributed by atoms with Crippen LogP contribution in [0.2, 0.25) is 0 Å². The topological polar surface area (TPSA) is 66.0 Å². The molecule has 1 fully saturated rings. The van der Waals surface area contributed by atoms with Gasteiger partial charge in [0.15, 0.2) is 5.82 Å². The molecule has 5 nitrogen and oxygen atoms in total. The molecular formula is C11H20N4O. The van der Waals surface area contributed by atoms with E-state index in [0.717, 1.165) is 24.7 Å². The van der Waals surface area contributed by atoms with Crippen LogP contribution in [0.4, 0.5) is 0 Å². The van der Waals surface area contributed by atoms with Crippen LogP contribution in [0.15, 0.2) is 0 Å². The van der Waals surface area contributed by atoms with Crippen molar-refractivity contribution in [1.82, 2.24) is 14.8 Å². The second kappa shape index (κ2) is 4.51. The zero-order chi connectivity index (χ0) is 11.7. The molecule has 2 heterocycles. The molecular weight excluding hydrogens is 204 g/mol. The second-order valence-corrected chi connectivity index (χ2v) is 4.70. The highest BCUT2D eigenvalue weighted by atomic mass is 16.5. The highest BCUT2D eigenvalue weighted by Crippen LogP contribution is 2.34. The summed E-state index contributed by atoms with van der Waals surface area (Å²) in [6.07, 6.45) is 1.17. The van der Waals surface area contributed by atoms with Crippen molar-refractivity contribution in [3.05, 3.63) is 11.6 Å². The molecule has 0 bridgehead atoms. The standard InChI is InChI=1S/C11H20N4O/c1-7(2)15-9(6-12)13-14-11(15)10-8(3)4-5-16-10/h7-8,10H,4-6,12H2,1-3H3. The Morgan fingerprint density at radius 1 is 1.50 bits per heavy atom. The first kappa shape index (κ1) is 11.5. The average Bonchev–Trinajstić information content (AvgIpc) is 2.82. The summed E-state index contributed by atoms with van der Waals surface area (Å²) in [5.41, 5.74) is 5.67. The van der Waals surface area contributed by atoms with Crippen LogP contribution >= 0.6 is 0 Å². The summed E-state index contributed by atoms with van der Waals surface area (Å²) < 4.78 is 7.84. The minimum atomic E-state index is 0.0789. The van der Waals surface area contributed by atoms with Crippen molar-refractivity contribution in [2.75, 3.05) is 6.61 Å². The zero-order valence-corrected chi connectivity index (χ0v) is 10.2. The molecule has 1 aromatic heterocycles. The lowest BCUT2D eigenvalue weighted by Crippen LogP contribution is -2.17. The van der Waals surface area contributed by atoms with Gasteiger partial charge < -0.3 is 15.0 Å². The Morgan fingerprint density at radius 3 is 2.75 bits per heavy atom. The lowest BCUT2D eigenvalue weighted by molar-refractivity contribution is 0.0828. The summed E-state index contributed by atoms with van der Waals surface area (Å²) in [5, 5.41) is 8.39. The van der Waals surface area contributed by atoms with Crippen LogP contribution in [0.1, 0.15) is 51.0 Å². The van der Waals surface area contributed by atoms with Crippen molar-refractivity contribution in [3.63, 3.8) is 0 Å². The molecule has 5 heteroatoms. The molecule has 1 aliphatic rings. The molecule has 0 aromatic carbocycles. The monoisotopic (exact) mass is 224 g/mol. The fraction of sp³-hybridized carbons (Fsp3) is 0.818. The summed E-state index contributed by atoms with van der Waals surface area (Å²) in [5.74, 6) is 2.28. The molecule has 1 aromatic rings. The first-order valence-corrected chi connectivity index (χ1v) is 5.90. The predicted molar refractivity (Wildman–Crippen MR) is 60.8 cm³/mol. The van der Waals surface area contributed by atoms with E-state index in [9.17, 15) is 0 Å². The molecule has 2 N–H and O–H groups in total. The van der Waals surface area contributed by atoms with Crippen LogP contribution in [0.5, 0.6) is 0 Å². The molecule has 90 valence electrons. The largest absolute Gasteiger partial charge is 0.370 e. The third kappa shape index (κ3) is 1.85. The van der Waals surface area contributed by atoms with Gasteiger partial charge in [-0.05, 0) is 26.2 Å². The lowest BCUT2D eigenvalue weighted by atomic mass is 10.0. The van der Waals surface area contributed by atoms with Gasteiger partial charge in [-0.3, -0.25) is 0 Å². The van der Waals surface area contributed by atoms with E-state index in [4.69, 9.17) is 10.5 Å². The van der Waals surface area contributed by atoms with Gasteiger partial charge >= 0.3 is 0 Å². The fourth-order valence-corrected chi connectivity index (χ4v) is 2.26. The summed E-state index contributed by atoms with van der Waals surface area (Å²) in [4.78, 5) is 0. The Balaban J connectivity index is 2.36. The van der Waals surface area contributed by atoms with Gasteiger partial charge in [0, 0.05) is 12.6 Å². The van der Waals surface area contributed by atoms with Crippen LogP contribution in [-0.2, 0) is 11.3 Å². The smallest absolute Gasteiger partial charge is 0.162 e. The van der Waals surface area contributed by atoms with Crippen molar-refractivity contribution in [2.45, 2.75) is 45.9 Å². The lowest BCUT2D eigenvalue weighted by Gasteiger charge is -2.19. The molecule has 0 saturated carbocycles. The summed E-state index contributed by atoms with van der Waals surface area (Å²) in [6.45, 7) is 7.66. The fourth-order valence-electron chi connectivity index (χ4n) is 2.26. The molecule has 1 saturated heterocycles. The highest BCUT2D eigenvalue weighted by molar-refractivity contribution is 5.03. The molecule has 0 radical (unpaired) electrons. The van der Waals surface area contributed by atoms with Crippen LogP contribution in [0.3, 0.4) is 0 Å². The third-order valence-corrected chi connectivity index (χ3v) is 3.13. The summed E-state index contributed by atoms with van der Waals surface area (Å²) in [7, 11) is 0. The Morgan fingerprint density at radius 2 is 2.25 bits per heavy atom. The van der Waals surface area contributed by atoms with Gasteiger partial charge in [-0.2, -0.15) is 0 Å². The van der Waals surface area contributed by atoms with Gasteiger partial charge in [0.2, 0.25) is 0 Å². The van der Waals surface area contributed by atoms with Crippen LogP contribution in [-0.4, -0.2) is 21.4 Å². The van der Waals surface area contributed by atoms with E-state index in [-0.39, 0.29) is 6.10 Å². The average molecular weight is 224 g/mol. The number of hydrogen-bond acceptors (Lipinski definition) is 4. The van der Waals surface area contributed by atoms with Crippen molar-refractivity contribution < 1.29 is 4.74 Å². The van der Waals surface area contributed by atoms with E-state index < -0.39 is 0 Å². The maximum Gasteiger partial charge on any atom is 0.162 e. The van der Waals surface area contributed by atoms with Crippen molar-refractivity contribution in [3.8, 4) is 0 Å². The van der Waals surface area contributed by atoms with E-state index in [1.807, 2.05) is 0 Å². The van der Waals surface area contributed by atoms with Crippen LogP contribution < -0.4 is 5.73 Å². The second-order valence-electron chi connectivity index (χ2n) is 4.70. The van der Waals surface area contributed by atoms with Gasteiger partial charge in [-0.15, -0.1) is 10.2 Å².